The van der Waals surface area contributed by atoms with Crippen LogP contribution in [0.4, 0.5) is 0 Å². The van der Waals surface area contributed by atoms with Crippen LogP contribution in [-0.4, -0.2) is 51.8 Å². The molecular weight excluding hydrogens is 444 g/mol. The van der Waals surface area contributed by atoms with E-state index in [0.29, 0.717) is 6.42 Å². The fraction of sp³-hybridized carbons (Fsp3) is 0.926. The van der Waals surface area contributed by atoms with Crippen LogP contribution in [0.2, 0.25) is 36.3 Å². The van der Waals surface area contributed by atoms with Gasteiger partial charge in [0, 0.05) is 12.5 Å². The number of hydrogen-bond donors (Lipinski definition) is 2. The second kappa shape index (κ2) is 12.3. The molecule has 1 rings (SSSR count). The molecule has 0 aromatic carbocycles. The zero-order chi connectivity index (χ0) is 25.7. The number of aliphatic hydroxyl groups is 2. The highest BCUT2D eigenvalue weighted by atomic mass is 28.4. The molecule has 0 aromatic rings. The summed E-state index contributed by atoms with van der Waals surface area (Å²) in [4.78, 5) is 0. The molecule has 1 fully saturated rings. The lowest BCUT2D eigenvalue weighted by molar-refractivity contribution is 0.111. The topological polar surface area (TPSA) is 58.9 Å². The van der Waals surface area contributed by atoms with Gasteiger partial charge in [0.1, 0.15) is 0 Å². The first-order chi connectivity index (χ1) is 15.0. The Labute approximate surface area is 207 Å². The van der Waals surface area contributed by atoms with Crippen LogP contribution in [0.15, 0.2) is 12.2 Å². The summed E-state index contributed by atoms with van der Waals surface area (Å²) < 4.78 is 13.9. The SMILES string of the molecule is CCCCC[C@H](O)/C=C/[C@@H]1[C@H](CCO)[C@@H](O[Si](C)(C)C(C)(C)C)C[C@H]1O[Si](C)(C)C(C)(C)C. The molecule has 0 heterocycles. The minimum absolute atomic E-state index is 0.0660. The maximum Gasteiger partial charge on any atom is 0.192 e. The Balaban J connectivity index is 3.23. The molecule has 4 nitrogen and oxygen atoms in total. The van der Waals surface area contributed by atoms with Gasteiger partial charge in [-0.3, -0.25) is 0 Å². The minimum atomic E-state index is -1.97. The summed E-state index contributed by atoms with van der Waals surface area (Å²) in [5, 5.41) is 20.8. The van der Waals surface area contributed by atoms with E-state index in [-0.39, 0.29) is 40.7 Å². The fourth-order valence-corrected chi connectivity index (χ4v) is 6.95. The summed E-state index contributed by atoms with van der Waals surface area (Å²) in [6, 6.07) is 0. The normalized spacial score (nSPS) is 26.3. The zero-order valence-electron chi connectivity index (χ0n) is 23.7. The van der Waals surface area contributed by atoms with Gasteiger partial charge >= 0.3 is 0 Å². The maximum atomic E-state index is 10.6. The number of unbranched alkanes of at least 4 members (excludes halogenated alkanes) is 2. The summed E-state index contributed by atoms with van der Waals surface area (Å²) in [5.41, 5.74) is 0. The molecule has 0 saturated heterocycles. The minimum Gasteiger partial charge on any atom is -0.414 e. The first-order valence-electron chi connectivity index (χ1n) is 13.3. The molecule has 0 bridgehead atoms. The fourth-order valence-electron chi connectivity index (χ4n) is 4.21. The smallest absolute Gasteiger partial charge is 0.192 e. The molecule has 33 heavy (non-hydrogen) atoms. The quantitative estimate of drug-likeness (QED) is 0.168. The van der Waals surface area contributed by atoms with Crippen molar-refractivity contribution in [2.45, 2.75) is 142 Å². The Morgan fingerprint density at radius 3 is 1.88 bits per heavy atom. The van der Waals surface area contributed by atoms with Gasteiger partial charge in [0.05, 0.1) is 18.3 Å². The van der Waals surface area contributed by atoms with Crippen molar-refractivity contribution in [3.8, 4) is 0 Å². The lowest BCUT2D eigenvalue weighted by Gasteiger charge is -2.40. The Hall–Kier alpha value is 0.0138. The van der Waals surface area contributed by atoms with Gasteiger partial charge in [0.15, 0.2) is 16.6 Å². The Morgan fingerprint density at radius 2 is 1.42 bits per heavy atom. The molecule has 1 aliphatic rings. The highest BCUT2D eigenvalue weighted by Crippen LogP contribution is 2.47. The Bertz CT molecular complexity index is 604. The van der Waals surface area contributed by atoms with Gasteiger partial charge < -0.3 is 19.1 Å². The summed E-state index contributed by atoms with van der Waals surface area (Å²) in [5.74, 6) is 0.361. The largest absolute Gasteiger partial charge is 0.414 e. The van der Waals surface area contributed by atoms with Crippen LogP contribution in [-0.2, 0) is 8.85 Å². The van der Waals surface area contributed by atoms with Crippen molar-refractivity contribution in [2.24, 2.45) is 11.8 Å². The van der Waals surface area contributed by atoms with Crippen LogP contribution in [0.25, 0.3) is 0 Å². The third kappa shape index (κ3) is 8.87. The summed E-state index contributed by atoms with van der Waals surface area (Å²) in [6.45, 7) is 25.3. The van der Waals surface area contributed by atoms with E-state index >= 15 is 0 Å². The molecule has 0 radical (unpaired) electrons. The van der Waals surface area contributed by atoms with Gasteiger partial charge in [0.2, 0.25) is 0 Å². The monoisotopic (exact) mass is 500 g/mol. The summed E-state index contributed by atoms with van der Waals surface area (Å²) >= 11 is 0. The van der Waals surface area contributed by atoms with Crippen LogP contribution in [0.5, 0.6) is 0 Å². The first kappa shape index (κ1) is 31.0. The van der Waals surface area contributed by atoms with Crippen LogP contribution in [0, 0.1) is 11.8 Å². The first-order valence-corrected chi connectivity index (χ1v) is 19.1. The summed E-state index contributed by atoms with van der Waals surface area (Å²) in [7, 11) is -3.94. The lowest BCUT2D eigenvalue weighted by Crippen LogP contribution is -2.45. The predicted molar refractivity (Wildman–Crippen MR) is 147 cm³/mol. The van der Waals surface area contributed by atoms with Crippen molar-refractivity contribution >= 4 is 16.6 Å². The van der Waals surface area contributed by atoms with Gasteiger partial charge in [-0.05, 0) is 61.4 Å². The second-order valence-corrected chi connectivity index (χ2v) is 22.8. The van der Waals surface area contributed by atoms with Crippen LogP contribution < -0.4 is 0 Å². The van der Waals surface area contributed by atoms with E-state index in [0.717, 1.165) is 32.1 Å². The van der Waals surface area contributed by atoms with Gasteiger partial charge in [-0.2, -0.15) is 0 Å². The molecule has 0 aliphatic heterocycles. The van der Waals surface area contributed by atoms with Crippen molar-refractivity contribution in [2.75, 3.05) is 6.61 Å². The van der Waals surface area contributed by atoms with E-state index in [9.17, 15) is 10.2 Å². The van der Waals surface area contributed by atoms with Crippen molar-refractivity contribution < 1.29 is 19.1 Å². The standard InChI is InChI=1S/C27H56O4Si2/c1-12-13-14-15-21(29)16-17-22-23(18-19-28)25(31-33(10,11)27(5,6)7)20-24(22)30-32(8,9)26(2,3)4/h16-17,21-25,28-29H,12-15,18-20H2,1-11H3/b17-16+/t21-,22+,23-,24+,25-/m0/s1. The molecule has 0 amide bonds. The van der Waals surface area contributed by atoms with Crippen LogP contribution in [0.3, 0.4) is 0 Å². The van der Waals surface area contributed by atoms with Crippen molar-refractivity contribution in [3.63, 3.8) is 0 Å². The van der Waals surface area contributed by atoms with Crippen LogP contribution in [0.1, 0.15) is 87.0 Å². The molecule has 5 atom stereocenters. The van der Waals surface area contributed by atoms with Gasteiger partial charge in [-0.1, -0.05) is 79.9 Å². The molecule has 1 saturated carbocycles. The molecule has 1 aliphatic carbocycles. The van der Waals surface area contributed by atoms with Crippen LogP contribution >= 0.6 is 0 Å². The third-order valence-corrected chi connectivity index (χ3v) is 17.5. The number of rotatable bonds is 12. The van der Waals surface area contributed by atoms with E-state index in [1.54, 1.807) is 0 Å². The second-order valence-electron chi connectivity index (χ2n) is 13.3. The highest BCUT2D eigenvalue weighted by molar-refractivity contribution is 6.74. The Kier molecular flexibility index (Phi) is 11.6. The maximum absolute atomic E-state index is 10.6. The molecule has 2 N–H and O–H groups in total. The van der Waals surface area contributed by atoms with Gasteiger partial charge in [-0.15, -0.1) is 0 Å². The molecular formula is C27H56O4Si2. The highest BCUT2D eigenvalue weighted by Gasteiger charge is 2.50. The van der Waals surface area contributed by atoms with E-state index < -0.39 is 22.7 Å². The molecule has 0 spiro atoms. The lowest BCUT2D eigenvalue weighted by atomic mass is 9.90. The third-order valence-electron chi connectivity index (χ3n) is 8.49. The van der Waals surface area contributed by atoms with E-state index in [1.807, 2.05) is 6.08 Å². The van der Waals surface area contributed by atoms with Crippen molar-refractivity contribution in [1.82, 2.24) is 0 Å². The molecule has 196 valence electrons. The van der Waals surface area contributed by atoms with Crippen molar-refractivity contribution in [3.05, 3.63) is 12.2 Å². The summed E-state index contributed by atoms with van der Waals surface area (Å²) in [6.07, 6.45) is 9.66. The van der Waals surface area contributed by atoms with E-state index in [2.05, 4.69) is 80.7 Å². The van der Waals surface area contributed by atoms with Gasteiger partial charge in [-0.25, -0.2) is 0 Å². The van der Waals surface area contributed by atoms with E-state index in [1.165, 1.54) is 0 Å². The average molecular weight is 501 g/mol. The Morgan fingerprint density at radius 1 is 0.909 bits per heavy atom. The number of aliphatic hydroxyl groups excluding tert-OH is 2. The van der Waals surface area contributed by atoms with Crippen molar-refractivity contribution in [1.29, 1.82) is 0 Å². The van der Waals surface area contributed by atoms with E-state index in [4.69, 9.17) is 8.85 Å². The number of hydrogen-bond acceptors (Lipinski definition) is 4. The van der Waals surface area contributed by atoms with Gasteiger partial charge in [0.25, 0.3) is 0 Å². The molecule has 6 heteroatoms. The average Bonchev–Trinajstić information content (AvgIpc) is 2.93. The molecule has 0 aromatic heterocycles. The zero-order valence-corrected chi connectivity index (χ0v) is 25.7. The molecule has 0 unspecified atom stereocenters. The predicted octanol–water partition coefficient (Wildman–Crippen LogP) is 7.28.